The summed E-state index contributed by atoms with van der Waals surface area (Å²) < 4.78 is 23.9. The van der Waals surface area contributed by atoms with Crippen LogP contribution in [0.3, 0.4) is 0 Å². The predicted octanol–water partition coefficient (Wildman–Crippen LogP) is 1.32. The van der Waals surface area contributed by atoms with E-state index in [0.717, 1.165) is 5.52 Å². The van der Waals surface area contributed by atoms with E-state index in [-0.39, 0.29) is 18.8 Å². The maximum atomic E-state index is 11.9. The minimum absolute atomic E-state index is 0.0225. The minimum Gasteiger partial charge on any atom is -0.396 e. The highest BCUT2D eigenvalue weighted by Crippen LogP contribution is 2.23. The monoisotopic (exact) mass is 239 g/mol. The van der Waals surface area contributed by atoms with Crippen molar-refractivity contribution in [3.63, 3.8) is 0 Å². The van der Waals surface area contributed by atoms with Gasteiger partial charge < -0.3 is 10.1 Å². The summed E-state index contributed by atoms with van der Waals surface area (Å²) in [6.45, 7) is -0.110. The lowest BCUT2D eigenvalue weighted by Crippen LogP contribution is -2.07. The van der Waals surface area contributed by atoms with Gasteiger partial charge in [-0.15, -0.1) is 0 Å². The van der Waals surface area contributed by atoms with Crippen molar-refractivity contribution in [2.24, 2.45) is 0 Å². The van der Waals surface area contributed by atoms with Crippen molar-refractivity contribution in [2.45, 2.75) is 11.3 Å². The number of H-pyrrole nitrogens is 1. The van der Waals surface area contributed by atoms with Crippen LogP contribution in [0.4, 0.5) is 0 Å². The normalized spacial score (nSPS) is 12.1. The number of rotatable bonds is 4. The van der Waals surface area contributed by atoms with Gasteiger partial charge in [0, 0.05) is 23.7 Å². The Morgan fingerprint density at radius 2 is 2.00 bits per heavy atom. The Morgan fingerprint density at radius 3 is 2.75 bits per heavy atom. The Balaban J connectivity index is 2.47. The van der Waals surface area contributed by atoms with E-state index in [0.29, 0.717) is 10.3 Å². The van der Waals surface area contributed by atoms with Gasteiger partial charge in [0.15, 0.2) is 9.84 Å². The molecule has 0 amide bonds. The van der Waals surface area contributed by atoms with Crippen molar-refractivity contribution in [3.8, 4) is 0 Å². The molecule has 1 aromatic carbocycles. The zero-order chi connectivity index (χ0) is 11.6. The van der Waals surface area contributed by atoms with Crippen molar-refractivity contribution in [3.05, 3.63) is 30.5 Å². The van der Waals surface area contributed by atoms with Crippen LogP contribution in [0.15, 0.2) is 35.4 Å². The van der Waals surface area contributed by atoms with Crippen LogP contribution in [-0.2, 0) is 9.84 Å². The Labute approximate surface area is 93.8 Å². The minimum atomic E-state index is -3.30. The fourth-order valence-electron chi connectivity index (χ4n) is 1.67. The smallest absolute Gasteiger partial charge is 0.180 e. The van der Waals surface area contributed by atoms with Gasteiger partial charge in [-0.2, -0.15) is 0 Å². The molecule has 0 saturated carbocycles. The molecular formula is C11H13NO3S. The quantitative estimate of drug-likeness (QED) is 0.845. The Bertz CT molecular complexity index is 586. The molecule has 0 aliphatic carbocycles. The molecule has 1 heterocycles. The third-order valence-corrected chi connectivity index (χ3v) is 4.29. The van der Waals surface area contributed by atoms with Crippen LogP contribution in [0.2, 0.25) is 0 Å². The number of aliphatic hydroxyl groups excluding tert-OH is 1. The van der Waals surface area contributed by atoms with Gasteiger partial charge in [-0.25, -0.2) is 8.42 Å². The summed E-state index contributed by atoms with van der Waals surface area (Å²) in [6, 6.07) is 7.27. The Morgan fingerprint density at radius 1 is 1.25 bits per heavy atom. The number of para-hydroxylation sites is 1. The number of sulfone groups is 1. The zero-order valence-electron chi connectivity index (χ0n) is 8.68. The predicted molar refractivity (Wildman–Crippen MR) is 62.1 cm³/mol. The van der Waals surface area contributed by atoms with Crippen LogP contribution in [0.1, 0.15) is 6.42 Å². The van der Waals surface area contributed by atoms with E-state index in [1.165, 1.54) is 6.20 Å². The first-order chi connectivity index (χ1) is 7.65. The van der Waals surface area contributed by atoms with E-state index in [2.05, 4.69) is 4.98 Å². The highest BCUT2D eigenvalue weighted by molar-refractivity contribution is 7.91. The highest BCUT2D eigenvalue weighted by Gasteiger charge is 2.17. The van der Waals surface area contributed by atoms with Crippen molar-refractivity contribution < 1.29 is 13.5 Å². The third kappa shape index (κ3) is 1.96. The number of aromatic amines is 1. The van der Waals surface area contributed by atoms with Crippen LogP contribution >= 0.6 is 0 Å². The maximum Gasteiger partial charge on any atom is 0.180 e. The molecule has 0 saturated heterocycles. The first kappa shape index (κ1) is 11.2. The summed E-state index contributed by atoms with van der Waals surface area (Å²) in [5.41, 5.74) is 0.810. The number of fused-ring (bicyclic) bond motifs is 1. The average Bonchev–Trinajstić information content (AvgIpc) is 2.71. The average molecular weight is 239 g/mol. The molecule has 0 aliphatic rings. The number of hydrogen-bond acceptors (Lipinski definition) is 3. The van der Waals surface area contributed by atoms with Crippen LogP contribution in [-0.4, -0.2) is 30.9 Å². The van der Waals surface area contributed by atoms with Crippen LogP contribution < -0.4 is 0 Å². The summed E-state index contributed by atoms with van der Waals surface area (Å²) >= 11 is 0. The summed E-state index contributed by atoms with van der Waals surface area (Å²) in [6.07, 6.45) is 1.78. The lowest BCUT2D eigenvalue weighted by atomic mass is 10.2. The topological polar surface area (TPSA) is 70.2 Å². The Kier molecular flexibility index (Phi) is 2.98. The maximum absolute atomic E-state index is 11.9. The van der Waals surface area contributed by atoms with E-state index in [1.807, 2.05) is 12.1 Å². The SMILES string of the molecule is O=S(=O)(CCCO)c1c[nH]c2ccccc12. The van der Waals surface area contributed by atoms with E-state index in [9.17, 15) is 8.42 Å². The molecule has 0 unspecified atom stereocenters. The van der Waals surface area contributed by atoms with Crippen LogP contribution in [0, 0.1) is 0 Å². The fourth-order valence-corrected chi connectivity index (χ4v) is 3.15. The second kappa shape index (κ2) is 4.27. The number of aromatic nitrogens is 1. The molecule has 0 aliphatic heterocycles. The molecule has 2 N–H and O–H groups in total. The molecule has 1 aromatic heterocycles. The summed E-state index contributed by atoms with van der Waals surface area (Å²) in [7, 11) is -3.30. The van der Waals surface area contributed by atoms with Crippen molar-refractivity contribution in [1.29, 1.82) is 0 Å². The molecule has 16 heavy (non-hydrogen) atoms. The first-order valence-corrected chi connectivity index (χ1v) is 6.70. The van der Waals surface area contributed by atoms with E-state index in [1.54, 1.807) is 12.1 Å². The van der Waals surface area contributed by atoms with Crippen LogP contribution in [0.25, 0.3) is 10.9 Å². The van der Waals surface area contributed by atoms with E-state index in [4.69, 9.17) is 5.11 Å². The summed E-state index contributed by atoms with van der Waals surface area (Å²) in [5, 5.41) is 9.38. The summed E-state index contributed by atoms with van der Waals surface area (Å²) in [4.78, 5) is 3.25. The van der Waals surface area contributed by atoms with Crippen molar-refractivity contribution >= 4 is 20.7 Å². The number of hydrogen-bond donors (Lipinski definition) is 2. The number of aliphatic hydroxyl groups is 1. The van der Waals surface area contributed by atoms with Gasteiger partial charge in [0.1, 0.15) is 0 Å². The second-order valence-electron chi connectivity index (χ2n) is 3.59. The Hall–Kier alpha value is -1.33. The van der Waals surface area contributed by atoms with Crippen LogP contribution in [0.5, 0.6) is 0 Å². The van der Waals surface area contributed by atoms with Gasteiger partial charge in [0.2, 0.25) is 0 Å². The van der Waals surface area contributed by atoms with Gasteiger partial charge in [-0.1, -0.05) is 18.2 Å². The third-order valence-electron chi connectivity index (χ3n) is 2.46. The highest BCUT2D eigenvalue weighted by atomic mass is 32.2. The van der Waals surface area contributed by atoms with Crippen molar-refractivity contribution in [1.82, 2.24) is 4.98 Å². The molecule has 0 radical (unpaired) electrons. The standard InChI is InChI=1S/C11H13NO3S/c13-6-3-7-16(14,15)11-8-12-10-5-2-1-4-9(10)11/h1-2,4-5,8,12-13H,3,6-7H2. The lowest BCUT2D eigenvalue weighted by molar-refractivity contribution is 0.295. The summed E-state index contributed by atoms with van der Waals surface area (Å²) in [5.74, 6) is -0.0225. The van der Waals surface area contributed by atoms with Gasteiger partial charge >= 0.3 is 0 Å². The fraction of sp³-hybridized carbons (Fsp3) is 0.273. The van der Waals surface area contributed by atoms with E-state index >= 15 is 0 Å². The van der Waals surface area contributed by atoms with Gasteiger partial charge in [-0.3, -0.25) is 0 Å². The molecule has 5 heteroatoms. The molecular weight excluding hydrogens is 226 g/mol. The van der Waals surface area contributed by atoms with Gasteiger partial charge in [0.25, 0.3) is 0 Å². The number of benzene rings is 1. The molecule has 0 fully saturated rings. The molecule has 2 rings (SSSR count). The van der Waals surface area contributed by atoms with Gasteiger partial charge in [0.05, 0.1) is 10.6 Å². The lowest BCUT2D eigenvalue weighted by Gasteiger charge is -2.01. The molecule has 0 bridgehead atoms. The molecule has 4 nitrogen and oxygen atoms in total. The van der Waals surface area contributed by atoms with Gasteiger partial charge in [-0.05, 0) is 12.5 Å². The molecule has 0 atom stereocenters. The zero-order valence-corrected chi connectivity index (χ0v) is 9.50. The molecule has 86 valence electrons. The van der Waals surface area contributed by atoms with E-state index < -0.39 is 9.84 Å². The largest absolute Gasteiger partial charge is 0.396 e. The first-order valence-electron chi connectivity index (χ1n) is 5.05. The molecule has 2 aromatic rings. The second-order valence-corrected chi connectivity index (χ2v) is 5.67. The molecule has 0 spiro atoms. The number of nitrogens with one attached hydrogen (secondary N) is 1. The van der Waals surface area contributed by atoms with Crippen molar-refractivity contribution in [2.75, 3.05) is 12.4 Å².